The van der Waals surface area contributed by atoms with Gasteiger partial charge in [0.25, 0.3) is 5.91 Å². The number of amides is 2. The quantitative estimate of drug-likeness (QED) is 0.359. The minimum Gasteiger partial charge on any atom is -0.376 e. The van der Waals surface area contributed by atoms with Crippen LogP contribution in [-0.4, -0.2) is 50.2 Å². The second kappa shape index (κ2) is 13.1. The van der Waals surface area contributed by atoms with Crippen LogP contribution in [0.15, 0.2) is 22.8 Å². The second-order valence-electron chi connectivity index (χ2n) is 11.9. The topological polar surface area (TPSA) is 149 Å². The lowest BCUT2D eigenvalue weighted by atomic mass is 9.79. The first kappa shape index (κ1) is 30.5. The highest BCUT2D eigenvalue weighted by molar-refractivity contribution is 5.91. The first-order chi connectivity index (χ1) is 19.4. The number of halogens is 2. The molecule has 3 aliphatic rings. The molecule has 0 radical (unpaired) electrons. The summed E-state index contributed by atoms with van der Waals surface area (Å²) in [6.45, 7) is 7.04. The lowest BCUT2D eigenvalue weighted by Gasteiger charge is -2.35. The van der Waals surface area contributed by atoms with E-state index in [1.165, 1.54) is 19.3 Å². The van der Waals surface area contributed by atoms with E-state index >= 15 is 0 Å². The number of aryl methyl sites for hydroxylation is 1. The van der Waals surface area contributed by atoms with Crippen molar-refractivity contribution in [1.29, 1.82) is 0 Å². The van der Waals surface area contributed by atoms with Gasteiger partial charge in [-0.15, -0.1) is 0 Å². The van der Waals surface area contributed by atoms with Crippen molar-refractivity contribution in [3.63, 3.8) is 0 Å². The molecule has 1 atom stereocenters. The SMILES string of the molecule is C1CC1.CC1(C)CC(Cc2nc3ccc(CNC(=O)CC4CC(F)(F)C4)cc3[nH]2)CCO1.Cc1nonc1C(N)=O. The van der Waals surface area contributed by atoms with Gasteiger partial charge in [0.05, 0.1) is 16.6 Å². The third-order valence-electron chi connectivity index (χ3n) is 7.25. The van der Waals surface area contributed by atoms with Gasteiger partial charge in [-0.3, -0.25) is 9.59 Å². The van der Waals surface area contributed by atoms with Crippen LogP contribution in [0.25, 0.3) is 11.0 Å². The van der Waals surface area contributed by atoms with E-state index in [1.807, 2.05) is 18.2 Å². The molecule has 3 aromatic rings. The maximum absolute atomic E-state index is 12.9. The number of ether oxygens (including phenoxy) is 1. The van der Waals surface area contributed by atoms with E-state index in [2.05, 4.69) is 39.1 Å². The lowest BCUT2D eigenvalue weighted by molar-refractivity contribution is -0.133. The van der Waals surface area contributed by atoms with Crippen molar-refractivity contribution >= 4 is 22.8 Å². The molecule has 2 saturated carbocycles. The van der Waals surface area contributed by atoms with Gasteiger partial charge in [-0.05, 0) is 68.3 Å². The van der Waals surface area contributed by atoms with Crippen LogP contribution in [0.2, 0.25) is 0 Å². The van der Waals surface area contributed by atoms with E-state index in [0.29, 0.717) is 18.2 Å². The maximum atomic E-state index is 12.9. The largest absolute Gasteiger partial charge is 0.376 e. The number of primary amides is 1. The molecule has 3 fully saturated rings. The average Bonchev–Trinajstić information content (AvgIpc) is 3.60. The Kier molecular flexibility index (Phi) is 9.72. The van der Waals surface area contributed by atoms with Gasteiger partial charge >= 0.3 is 0 Å². The van der Waals surface area contributed by atoms with Crippen molar-refractivity contribution in [3.8, 4) is 0 Å². The van der Waals surface area contributed by atoms with Gasteiger partial charge in [0.15, 0.2) is 5.69 Å². The van der Waals surface area contributed by atoms with Gasteiger partial charge < -0.3 is 20.8 Å². The number of nitrogens with zero attached hydrogens (tertiary/aromatic N) is 3. The van der Waals surface area contributed by atoms with Gasteiger partial charge in [-0.25, -0.2) is 18.4 Å². The number of nitrogens with two attached hydrogens (primary N) is 1. The Labute approximate surface area is 238 Å². The Balaban J connectivity index is 0.000000266. The number of aromatic amines is 1. The molecule has 2 aliphatic carbocycles. The summed E-state index contributed by atoms with van der Waals surface area (Å²) in [5.74, 6) is -2.02. The third kappa shape index (κ3) is 9.58. The fourth-order valence-electron chi connectivity index (χ4n) is 5.04. The lowest BCUT2D eigenvalue weighted by Crippen LogP contribution is -2.38. The summed E-state index contributed by atoms with van der Waals surface area (Å²) in [6.07, 6.45) is 7.30. The van der Waals surface area contributed by atoms with Crippen LogP contribution in [0, 0.1) is 18.8 Å². The Morgan fingerprint density at radius 1 is 1.12 bits per heavy atom. The van der Waals surface area contributed by atoms with Crippen molar-refractivity contribution in [1.82, 2.24) is 25.6 Å². The molecule has 6 rings (SSSR count). The highest BCUT2D eigenvalue weighted by Gasteiger charge is 2.45. The standard InChI is InChI=1S/C22H29F2N3O2.C4H5N3O2.C3H6/c1-21(2)10-14(5-6-29-21)8-19-26-17-4-3-15(7-18(17)27-19)13-25-20(28)9-16-11-22(23,24)12-16;1-2-3(4(5)8)7-9-6-2;1-2-3-1/h3-4,7,14,16H,5-6,8-13H2,1-2H3,(H,25,28)(H,26,27);1H3,(H2,5,8);1-3H2. The van der Waals surface area contributed by atoms with Crippen LogP contribution in [0.5, 0.6) is 0 Å². The minimum atomic E-state index is -2.57. The van der Waals surface area contributed by atoms with Crippen molar-refractivity contribution in [3.05, 3.63) is 41.0 Å². The van der Waals surface area contributed by atoms with E-state index in [4.69, 9.17) is 15.5 Å². The molecular weight excluding hydrogens is 534 g/mol. The second-order valence-corrected chi connectivity index (χ2v) is 11.9. The van der Waals surface area contributed by atoms with Crippen LogP contribution in [0.4, 0.5) is 8.78 Å². The summed E-state index contributed by atoms with van der Waals surface area (Å²) >= 11 is 0. The zero-order chi connectivity index (χ0) is 29.6. The van der Waals surface area contributed by atoms with Gasteiger partial charge in [0.1, 0.15) is 11.5 Å². The third-order valence-corrected chi connectivity index (χ3v) is 7.25. The molecule has 4 N–H and O–H groups in total. The first-order valence-corrected chi connectivity index (χ1v) is 14.2. The number of carbonyl (C=O) groups is 2. The molecule has 2 amide bonds. The zero-order valence-electron chi connectivity index (χ0n) is 24.0. The molecule has 12 heteroatoms. The molecule has 1 saturated heterocycles. The summed E-state index contributed by atoms with van der Waals surface area (Å²) in [6, 6.07) is 5.90. The fraction of sp³-hybridized carbons (Fsp3) is 0.621. The Morgan fingerprint density at radius 2 is 1.85 bits per heavy atom. The number of H-pyrrole nitrogens is 1. The van der Waals surface area contributed by atoms with Gasteiger partial charge in [0.2, 0.25) is 11.8 Å². The molecule has 0 spiro atoms. The predicted molar refractivity (Wildman–Crippen MR) is 148 cm³/mol. The number of alkyl halides is 2. The van der Waals surface area contributed by atoms with E-state index in [1.54, 1.807) is 6.92 Å². The van der Waals surface area contributed by atoms with Crippen molar-refractivity contribution in [2.24, 2.45) is 17.6 Å². The zero-order valence-corrected chi connectivity index (χ0v) is 24.0. The van der Waals surface area contributed by atoms with Crippen molar-refractivity contribution in [2.75, 3.05) is 6.61 Å². The highest BCUT2D eigenvalue weighted by Crippen LogP contribution is 2.43. The summed E-state index contributed by atoms with van der Waals surface area (Å²) in [5, 5.41) is 9.45. The van der Waals surface area contributed by atoms with Crippen LogP contribution < -0.4 is 11.1 Å². The Hall–Kier alpha value is -3.41. The van der Waals surface area contributed by atoms with Crippen LogP contribution in [0.3, 0.4) is 0 Å². The minimum absolute atomic E-state index is 0.0737. The van der Waals surface area contributed by atoms with Crippen molar-refractivity contribution < 1.29 is 27.7 Å². The van der Waals surface area contributed by atoms with Crippen LogP contribution in [-0.2, 0) is 22.5 Å². The molecular formula is C29H40F2N6O4. The highest BCUT2D eigenvalue weighted by atomic mass is 19.3. The first-order valence-electron chi connectivity index (χ1n) is 14.2. The number of nitrogens with one attached hydrogen (secondary N) is 2. The molecule has 3 heterocycles. The summed E-state index contributed by atoms with van der Waals surface area (Å²) in [5.41, 5.74) is 8.13. The molecule has 1 aromatic carbocycles. The monoisotopic (exact) mass is 574 g/mol. The van der Waals surface area contributed by atoms with E-state index in [9.17, 15) is 18.4 Å². The predicted octanol–water partition coefficient (Wildman–Crippen LogP) is 5.01. The van der Waals surface area contributed by atoms with Crippen LogP contribution >= 0.6 is 0 Å². The number of hydrogen-bond acceptors (Lipinski definition) is 7. The smallest absolute Gasteiger partial charge is 0.272 e. The number of imidazole rings is 1. The fourth-order valence-corrected chi connectivity index (χ4v) is 5.04. The van der Waals surface area contributed by atoms with Gasteiger partial charge in [-0.1, -0.05) is 30.5 Å². The molecule has 10 nitrogen and oxygen atoms in total. The summed E-state index contributed by atoms with van der Waals surface area (Å²) < 4.78 is 35.8. The molecule has 0 bridgehead atoms. The number of fused-ring (bicyclic) bond motifs is 1. The van der Waals surface area contributed by atoms with Gasteiger partial charge in [0, 0.05) is 38.8 Å². The number of hydrogen-bond donors (Lipinski definition) is 3. The van der Waals surface area contributed by atoms with Crippen molar-refractivity contribution in [2.45, 2.75) is 96.6 Å². The van der Waals surface area contributed by atoms with E-state index in [-0.39, 0.29) is 42.4 Å². The van der Waals surface area contributed by atoms with E-state index < -0.39 is 11.8 Å². The summed E-state index contributed by atoms with van der Waals surface area (Å²) in [7, 11) is 0. The number of benzene rings is 1. The van der Waals surface area contributed by atoms with Gasteiger partial charge in [-0.2, -0.15) is 0 Å². The average molecular weight is 575 g/mol. The molecule has 1 aliphatic heterocycles. The maximum Gasteiger partial charge on any atom is 0.272 e. The summed E-state index contributed by atoms with van der Waals surface area (Å²) in [4.78, 5) is 30.4. The molecule has 41 heavy (non-hydrogen) atoms. The molecule has 224 valence electrons. The Morgan fingerprint density at radius 3 is 2.41 bits per heavy atom. The normalized spacial score (nSPS) is 20.6. The number of rotatable bonds is 7. The van der Waals surface area contributed by atoms with E-state index in [0.717, 1.165) is 48.3 Å². The molecule has 2 aromatic heterocycles. The Bertz CT molecular complexity index is 1330. The number of aromatic nitrogens is 4. The van der Waals surface area contributed by atoms with Crippen LogP contribution in [0.1, 0.15) is 92.8 Å². The molecule has 1 unspecified atom stereocenters. The number of carbonyl (C=O) groups excluding carboxylic acids is 2.